The van der Waals surface area contributed by atoms with Crippen molar-refractivity contribution in [2.75, 3.05) is 10.7 Å². The third kappa shape index (κ3) is 5.91. The zero-order chi connectivity index (χ0) is 24.2. The first-order chi connectivity index (χ1) is 15.6. The minimum Gasteiger partial charge on any atom is -0.268 e. The molecule has 3 rings (SSSR count). The van der Waals surface area contributed by atoms with Crippen LogP contribution >= 0.6 is 0 Å². The van der Waals surface area contributed by atoms with Crippen LogP contribution in [0.3, 0.4) is 0 Å². The average molecular weight is 470 g/mol. The van der Waals surface area contributed by atoms with E-state index in [1.54, 1.807) is 19.9 Å². The summed E-state index contributed by atoms with van der Waals surface area (Å²) in [7, 11) is -2.94. The smallest absolute Gasteiger partial charge is 0.266 e. The molecule has 0 saturated heterocycles. The Morgan fingerprint density at radius 1 is 0.758 bits per heavy atom. The van der Waals surface area contributed by atoms with Crippen molar-refractivity contribution in [1.82, 2.24) is 0 Å². The summed E-state index contributed by atoms with van der Waals surface area (Å²) in [5, 5.41) is -0.303. The van der Waals surface area contributed by atoms with Gasteiger partial charge in [0.25, 0.3) is 11.8 Å². The average Bonchev–Trinajstić information content (AvgIpc) is 3.02. The van der Waals surface area contributed by atoms with Crippen molar-refractivity contribution in [2.24, 2.45) is 0 Å². The van der Waals surface area contributed by atoms with E-state index in [-0.39, 0.29) is 22.8 Å². The van der Waals surface area contributed by atoms with Gasteiger partial charge in [-0.1, -0.05) is 51.3 Å². The Kier molecular flexibility index (Phi) is 8.11. The Morgan fingerprint density at radius 3 is 2.00 bits per heavy atom. The van der Waals surface area contributed by atoms with Gasteiger partial charge in [-0.25, -0.2) is 13.3 Å². The van der Waals surface area contributed by atoms with E-state index in [1.807, 2.05) is 36.4 Å². The third-order valence-electron chi connectivity index (χ3n) is 6.38. The molecule has 0 saturated carbocycles. The lowest BCUT2D eigenvalue weighted by molar-refractivity contribution is 0.0926. The predicted molar refractivity (Wildman–Crippen MR) is 134 cm³/mol. The molecular formula is C27H35NO4S. The zero-order valence-electron chi connectivity index (χ0n) is 20.1. The minimum atomic E-state index is -2.94. The van der Waals surface area contributed by atoms with Crippen LogP contribution < -0.4 is 4.90 Å². The Balaban J connectivity index is 1.53. The first kappa shape index (κ1) is 25.2. The number of benzene rings is 2. The summed E-state index contributed by atoms with van der Waals surface area (Å²) in [6.45, 7) is 7.67. The Bertz CT molecular complexity index is 1100. The van der Waals surface area contributed by atoms with E-state index in [1.165, 1.54) is 10.5 Å². The fraction of sp³-hybridized carbons (Fsp3) is 0.481. The SMILES string of the molecule is CC(C)c1ccc(N2C(=O)c3ccc(CCCCCCCS(=O)(=O)C(C)C)cc3C2=O)cc1. The highest BCUT2D eigenvalue weighted by Crippen LogP contribution is 2.30. The number of unbranched alkanes of at least 4 members (excludes halogenated alkanes) is 4. The molecule has 0 spiro atoms. The fourth-order valence-corrected chi connectivity index (χ4v) is 5.16. The molecule has 1 heterocycles. The van der Waals surface area contributed by atoms with Crippen LogP contribution in [0.2, 0.25) is 0 Å². The summed E-state index contributed by atoms with van der Waals surface area (Å²) < 4.78 is 23.7. The molecule has 1 aliphatic heterocycles. The molecule has 2 amide bonds. The zero-order valence-corrected chi connectivity index (χ0v) is 21.0. The monoisotopic (exact) mass is 469 g/mol. The minimum absolute atomic E-state index is 0.263. The van der Waals surface area contributed by atoms with Crippen molar-refractivity contribution >= 4 is 27.3 Å². The summed E-state index contributed by atoms with van der Waals surface area (Å²) in [5.41, 5.74) is 3.76. The largest absolute Gasteiger partial charge is 0.268 e. The van der Waals surface area contributed by atoms with Crippen molar-refractivity contribution < 1.29 is 18.0 Å². The number of nitrogens with zero attached hydrogens (tertiary/aromatic N) is 1. The molecule has 0 aromatic heterocycles. The second kappa shape index (κ2) is 10.6. The number of imide groups is 1. The molecule has 33 heavy (non-hydrogen) atoms. The maximum Gasteiger partial charge on any atom is 0.266 e. The van der Waals surface area contributed by atoms with Gasteiger partial charge in [0.05, 0.1) is 27.8 Å². The van der Waals surface area contributed by atoms with E-state index >= 15 is 0 Å². The molecule has 2 aromatic rings. The number of hydrogen-bond donors (Lipinski definition) is 0. The number of carbonyl (C=O) groups excluding carboxylic acids is 2. The Labute approximate surface area is 198 Å². The number of aryl methyl sites for hydroxylation is 1. The van der Waals surface area contributed by atoms with Crippen LogP contribution in [0.15, 0.2) is 42.5 Å². The van der Waals surface area contributed by atoms with Crippen molar-refractivity contribution in [1.29, 1.82) is 0 Å². The molecule has 6 heteroatoms. The van der Waals surface area contributed by atoms with Gasteiger partial charge in [-0.15, -0.1) is 0 Å². The van der Waals surface area contributed by atoms with Crippen molar-refractivity contribution in [3.05, 3.63) is 64.7 Å². The van der Waals surface area contributed by atoms with Gasteiger partial charge in [-0.3, -0.25) is 9.59 Å². The molecule has 178 valence electrons. The summed E-state index contributed by atoms with van der Waals surface area (Å²) in [4.78, 5) is 27.2. The molecule has 2 aromatic carbocycles. The molecule has 1 aliphatic rings. The molecule has 0 unspecified atom stereocenters. The number of rotatable bonds is 11. The van der Waals surface area contributed by atoms with Gasteiger partial charge in [0, 0.05) is 0 Å². The molecule has 0 atom stereocenters. The lowest BCUT2D eigenvalue weighted by Crippen LogP contribution is -2.29. The van der Waals surface area contributed by atoms with E-state index < -0.39 is 9.84 Å². The number of sulfone groups is 1. The molecule has 5 nitrogen and oxygen atoms in total. The predicted octanol–water partition coefficient (Wildman–Crippen LogP) is 5.93. The number of carbonyl (C=O) groups is 2. The van der Waals surface area contributed by atoms with E-state index in [4.69, 9.17) is 0 Å². The van der Waals surface area contributed by atoms with Gasteiger partial charge in [0.1, 0.15) is 0 Å². The van der Waals surface area contributed by atoms with Crippen LogP contribution in [-0.2, 0) is 16.3 Å². The standard InChI is InChI=1S/C27H35NO4S/c1-19(2)22-12-14-23(15-13-22)28-26(29)24-16-11-21(18-25(24)27(28)30)10-8-6-5-7-9-17-33(31,32)20(3)4/h11-16,18-20H,5-10,17H2,1-4H3. The van der Waals surface area contributed by atoms with E-state index in [2.05, 4.69) is 13.8 Å². The number of anilines is 1. The van der Waals surface area contributed by atoms with Gasteiger partial charge in [-0.2, -0.15) is 0 Å². The second-order valence-corrected chi connectivity index (χ2v) is 12.2. The topological polar surface area (TPSA) is 71.5 Å². The van der Waals surface area contributed by atoms with Crippen LogP contribution in [0.1, 0.15) is 97.6 Å². The van der Waals surface area contributed by atoms with Gasteiger partial charge in [0.15, 0.2) is 9.84 Å². The highest BCUT2D eigenvalue weighted by Gasteiger charge is 2.36. The van der Waals surface area contributed by atoms with Gasteiger partial charge >= 0.3 is 0 Å². The molecule has 0 radical (unpaired) electrons. The van der Waals surface area contributed by atoms with Crippen LogP contribution in [0.5, 0.6) is 0 Å². The van der Waals surface area contributed by atoms with E-state index in [9.17, 15) is 18.0 Å². The van der Waals surface area contributed by atoms with Gasteiger partial charge in [0.2, 0.25) is 0 Å². The number of amides is 2. The van der Waals surface area contributed by atoms with Gasteiger partial charge < -0.3 is 0 Å². The van der Waals surface area contributed by atoms with Crippen molar-refractivity contribution in [3.63, 3.8) is 0 Å². The highest BCUT2D eigenvalue weighted by molar-refractivity contribution is 7.91. The molecule has 0 fully saturated rings. The van der Waals surface area contributed by atoms with Crippen LogP contribution in [0.25, 0.3) is 0 Å². The Morgan fingerprint density at radius 2 is 1.36 bits per heavy atom. The molecule has 0 aliphatic carbocycles. The molecule has 0 bridgehead atoms. The van der Waals surface area contributed by atoms with Crippen molar-refractivity contribution in [2.45, 2.75) is 77.4 Å². The van der Waals surface area contributed by atoms with Crippen LogP contribution in [0, 0.1) is 0 Å². The maximum atomic E-state index is 13.0. The third-order valence-corrected chi connectivity index (χ3v) is 8.68. The summed E-state index contributed by atoms with van der Waals surface area (Å²) in [6, 6.07) is 13.2. The van der Waals surface area contributed by atoms with E-state index in [0.29, 0.717) is 29.2 Å². The number of hydrogen-bond acceptors (Lipinski definition) is 4. The van der Waals surface area contributed by atoms with Gasteiger partial charge in [-0.05, 0) is 74.4 Å². The Hall–Kier alpha value is -2.47. The lowest BCUT2D eigenvalue weighted by Gasteiger charge is -2.15. The molecular weight excluding hydrogens is 434 g/mol. The maximum absolute atomic E-state index is 13.0. The normalized spacial score (nSPS) is 13.9. The summed E-state index contributed by atoms with van der Waals surface area (Å²) in [6.07, 6.45) is 5.44. The summed E-state index contributed by atoms with van der Waals surface area (Å²) >= 11 is 0. The highest BCUT2D eigenvalue weighted by atomic mass is 32.2. The summed E-state index contributed by atoms with van der Waals surface area (Å²) in [5.74, 6) is 0.120. The van der Waals surface area contributed by atoms with Crippen molar-refractivity contribution in [3.8, 4) is 0 Å². The fourth-order valence-electron chi connectivity index (χ4n) is 4.08. The van der Waals surface area contributed by atoms with Crippen LogP contribution in [-0.4, -0.2) is 31.2 Å². The second-order valence-electron chi connectivity index (χ2n) is 9.51. The molecule has 0 N–H and O–H groups in total. The van der Waals surface area contributed by atoms with E-state index in [0.717, 1.165) is 37.7 Å². The quantitative estimate of drug-likeness (QED) is 0.302. The lowest BCUT2D eigenvalue weighted by atomic mass is 10.0. The van der Waals surface area contributed by atoms with Crippen LogP contribution in [0.4, 0.5) is 5.69 Å². The first-order valence-corrected chi connectivity index (χ1v) is 13.7. The number of fused-ring (bicyclic) bond motifs is 1. The first-order valence-electron chi connectivity index (χ1n) is 11.9.